The van der Waals surface area contributed by atoms with Gasteiger partial charge in [-0.15, -0.1) is 0 Å². The second-order valence-corrected chi connectivity index (χ2v) is 4.26. The molecule has 1 heterocycles. The van der Waals surface area contributed by atoms with Crippen LogP contribution in [0.2, 0.25) is 0 Å². The van der Waals surface area contributed by atoms with Crippen molar-refractivity contribution >= 4 is 17.5 Å². The fourth-order valence-electron chi connectivity index (χ4n) is 1.59. The highest BCUT2D eigenvalue weighted by molar-refractivity contribution is 5.99. The molecule has 0 saturated carbocycles. The summed E-state index contributed by atoms with van der Waals surface area (Å²) in [5, 5.41) is 6.41. The van der Waals surface area contributed by atoms with Crippen LogP contribution in [0.25, 0.3) is 0 Å². The highest BCUT2D eigenvalue weighted by Crippen LogP contribution is 2.00. The van der Waals surface area contributed by atoms with E-state index in [0.29, 0.717) is 5.71 Å². The van der Waals surface area contributed by atoms with Crippen molar-refractivity contribution in [3.8, 4) is 0 Å². The normalized spacial score (nSPS) is 11.0. The van der Waals surface area contributed by atoms with Crippen LogP contribution in [0.3, 0.4) is 0 Å². The highest BCUT2D eigenvalue weighted by atomic mass is 16.3. The molecule has 6 heteroatoms. The molecule has 1 aromatic carbocycles. The summed E-state index contributed by atoms with van der Waals surface area (Å²) in [4.78, 5) is 23.1. The quantitative estimate of drug-likeness (QED) is 0.645. The second kappa shape index (κ2) is 7.04. The molecule has 2 N–H and O–H groups in total. The Labute approximate surface area is 121 Å². The maximum Gasteiger partial charge on any atom is 0.287 e. The second-order valence-electron chi connectivity index (χ2n) is 4.26. The topological polar surface area (TPSA) is 83.7 Å². The lowest BCUT2D eigenvalue weighted by atomic mass is 10.1. The maximum absolute atomic E-state index is 11.6. The van der Waals surface area contributed by atoms with Crippen LogP contribution in [0.1, 0.15) is 23.0 Å². The van der Waals surface area contributed by atoms with E-state index in [-0.39, 0.29) is 12.3 Å². The predicted molar refractivity (Wildman–Crippen MR) is 77.8 cm³/mol. The standard InChI is InChI=1S/C15H15N3O3/c1-11(12-6-3-2-4-7-12)17-18-14(19)10-16-15(20)13-8-5-9-21-13/h2-9H,10H2,1H3,(H,16,20)(H,18,19)/b17-11-. The number of amides is 2. The molecule has 0 saturated heterocycles. The van der Waals surface area contributed by atoms with Crippen LogP contribution < -0.4 is 10.7 Å². The zero-order chi connectivity index (χ0) is 15.1. The SMILES string of the molecule is C/C(=N/NC(=O)CNC(=O)c1ccco1)c1ccccc1. The van der Waals surface area contributed by atoms with E-state index in [1.165, 1.54) is 12.3 Å². The minimum absolute atomic E-state index is 0.159. The van der Waals surface area contributed by atoms with Crippen LogP contribution in [-0.2, 0) is 4.79 Å². The van der Waals surface area contributed by atoms with Crippen LogP contribution in [0, 0.1) is 0 Å². The molecule has 2 rings (SSSR count). The molecule has 21 heavy (non-hydrogen) atoms. The van der Waals surface area contributed by atoms with Crippen LogP contribution in [0.5, 0.6) is 0 Å². The van der Waals surface area contributed by atoms with Crippen LogP contribution in [-0.4, -0.2) is 24.1 Å². The molecule has 0 spiro atoms. The molecule has 0 aliphatic heterocycles. The van der Waals surface area contributed by atoms with E-state index in [2.05, 4.69) is 15.8 Å². The van der Waals surface area contributed by atoms with Gasteiger partial charge in [0.25, 0.3) is 11.8 Å². The number of hydrogen-bond acceptors (Lipinski definition) is 4. The molecule has 2 aromatic rings. The number of carbonyl (C=O) groups is 2. The van der Waals surface area contributed by atoms with E-state index in [1.54, 1.807) is 13.0 Å². The average molecular weight is 285 g/mol. The van der Waals surface area contributed by atoms with Gasteiger partial charge in [-0.1, -0.05) is 30.3 Å². The molecule has 0 aliphatic rings. The summed E-state index contributed by atoms with van der Waals surface area (Å²) in [6.45, 7) is 1.61. The predicted octanol–water partition coefficient (Wildman–Crippen LogP) is 1.55. The summed E-state index contributed by atoms with van der Waals surface area (Å²) >= 11 is 0. The van der Waals surface area contributed by atoms with Gasteiger partial charge in [0.15, 0.2) is 5.76 Å². The van der Waals surface area contributed by atoms with Gasteiger partial charge in [-0.2, -0.15) is 5.10 Å². The summed E-state index contributed by atoms with van der Waals surface area (Å²) in [6.07, 6.45) is 1.39. The van der Waals surface area contributed by atoms with Crippen molar-refractivity contribution in [2.75, 3.05) is 6.54 Å². The number of benzene rings is 1. The van der Waals surface area contributed by atoms with Crippen molar-refractivity contribution in [2.24, 2.45) is 5.10 Å². The Bertz CT molecular complexity index is 633. The van der Waals surface area contributed by atoms with Gasteiger partial charge < -0.3 is 9.73 Å². The molecule has 1 aromatic heterocycles. The van der Waals surface area contributed by atoms with Crippen LogP contribution in [0.4, 0.5) is 0 Å². The lowest BCUT2D eigenvalue weighted by Gasteiger charge is -2.04. The number of rotatable bonds is 5. The Balaban J connectivity index is 1.81. The van der Waals surface area contributed by atoms with Gasteiger partial charge in [0, 0.05) is 0 Å². The molecule has 0 unspecified atom stereocenters. The summed E-state index contributed by atoms with van der Waals surface area (Å²) in [5.41, 5.74) is 3.98. The lowest BCUT2D eigenvalue weighted by Crippen LogP contribution is -2.35. The van der Waals surface area contributed by atoms with Gasteiger partial charge >= 0.3 is 0 Å². The zero-order valence-electron chi connectivity index (χ0n) is 11.5. The molecule has 0 aliphatic carbocycles. The molecular formula is C15H15N3O3. The monoisotopic (exact) mass is 285 g/mol. The molecule has 6 nitrogen and oxygen atoms in total. The number of carbonyl (C=O) groups excluding carboxylic acids is 2. The lowest BCUT2D eigenvalue weighted by molar-refractivity contribution is -0.120. The van der Waals surface area contributed by atoms with E-state index in [1.807, 2.05) is 30.3 Å². The molecule has 108 valence electrons. The molecule has 2 amide bonds. The van der Waals surface area contributed by atoms with Gasteiger partial charge in [0.05, 0.1) is 18.5 Å². The largest absolute Gasteiger partial charge is 0.459 e. The van der Waals surface area contributed by atoms with Crippen LogP contribution in [0.15, 0.2) is 58.2 Å². The number of hydrazone groups is 1. The van der Waals surface area contributed by atoms with Crippen molar-refractivity contribution < 1.29 is 14.0 Å². The third kappa shape index (κ3) is 4.31. The number of nitrogens with zero attached hydrogens (tertiary/aromatic N) is 1. The smallest absolute Gasteiger partial charge is 0.287 e. The van der Waals surface area contributed by atoms with Crippen molar-refractivity contribution in [3.05, 3.63) is 60.1 Å². The first-order chi connectivity index (χ1) is 10.2. The van der Waals surface area contributed by atoms with Crippen molar-refractivity contribution in [1.29, 1.82) is 0 Å². The van der Waals surface area contributed by atoms with Gasteiger partial charge in [-0.3, -0.25) is 9.59 Å². The Kier molecular flexibility index (Phi) is 4.87. The Hall–Kier alpha value is -2.89. The van der Waals surface area contributed by atoms with Gasteiger partial charge in [0.2, 0.25) is 0 Å². The Morgan fingerprint density at radius 1 is 1.14 bits per heavy atom. The van der Waals surface area contributed by atoms with Gasteiger partial charge in [-0.05, 0) is 24.6 Å². The van der Waals surface area contributed by atoms with E-state index < -0.39 is 11.8 Å². The van der Waals surface area contributed by atoms with Crippen molar-refractivity contribution in [2.45, 2.75) is 6.92 Å². The molecule has 0 radical (unpaired) electrons. The first-order valence-electron chi connectivity index (χ1n) is 6.37. The first-order valence-corrected chi connectivity index (χ1v) is 6.37. The Morgan fingerprint density at radius 3 is 2.57 bits per heavy atom. The zero-order valence-corrected chi connectivity index (χ0v) is 11.5. The van der Waals surface area contributed by atoms with E-state index in [9.17, 15) is 9.59 Å². The fraction of sp³-hybridized carbons (Fsp3) is 0.133. The fourth-order valence-corrected chi connectivity index (χ4v) is 1.59. The van der Waals surface area contributed by atoms with Crippen LogP contribution >= 0.6 is 0 Å². The van der Waals surface area contributed by atoms with Gasteiger partial charge in [-0.25, -0.2) is 5.43 Å². The summed E-state index contributed by atoms with van der Waals surface area (Å²) in [7, 11) is 0. The third-order valence-electron chi connectivity index (χ3n) is 2.69. The van der Waals surface area contributed by atoms with Gasteiger partial charge in [0.1, 0.15) is 0 Å². The van der Waals surface area contributed by atoms with E-state index in [0.717, 1.165) is 5.56 Å². The third-order valence-corrected chi connectivity index (χ3v) is 2.69. The number of hydrogen-bond donors (Lipinski definition) is 2. The molecule has 0 atom stereocenters. The number of furan rings is 1. The van der Waals surface area contributed by atoms with Crippen molar-refractivity contribution in [3.63, 3.8) is 0 Å². The summed E-state index contributed by atoms with van der Waals surface area (Å²) in [5.74, 6) is -0.698. The van der Waals surface area contributed by atoms with E-state index >= 15 is 0 Å². The molecular weight excluding hydrogens is 270 g/mol. The maximum atomic E-state index is 11.6. The summed E-state index contributed by atoms with van der Waals surface area (Å²) in [6, 6.07) is 12.6. The highest BCUT2D eigenvalue weighted by Gasteiger charge is 2.09. The average Bonchev–Trinajstić information content (AvgIpc) is 3.05. The first kappa shape index (κ1) is 14.5. The minimum atomic E-state index is -0.445. The number of nitrogens with one attached hydrogen (secondary N) is 2. The molecule has 0 bridgehead atoms. The summed E-state index contributed by atoms with van der Waals surface area (Å²) < 4.78 is 4.91. The Morgan fingerprint density at radius 2 is 1.90 bits per heavy atom. The van der Waals surface area contributed by atoms with E-state index in [4.69, 9.17) is 4.42 Å². The van der Waals surface area contributed by atoms with Crippen molar-refractivity contribution in [1.82, 2.24) is 10.7 Å². The molecule has 0 fully saturated rings. The minimum Gasteiger partial charge on any atom is -0.459 e.